The quantitative estimate of drug-likeness (QED) is 0.424. The lowest BCUT2D eigenvalue weighted by Crippen LogP contribution is -2.43. The molecule has 1 aliphatic carbocycles. The summed E-state index contributed by atoms with van der Waals surface area (Å²) in [6.07, 6.45) is 0.303. The Labute approximate surface area is 201 Å². The predicted molar refractivity (Wildman–Crippen MR) is 126 cm³/mol. The maximum atomic E-state index is 13.2. The number of hydrogen-bond acceptors (Lipinski definition) is 3. The van der Waals surface area contributed by atoms with Gasteiger partial charge in [-0.1, -0.05) is 54.6 Å². The number of rotatable bonds is 3. The van der Waals surface area contributed by atoms with Gasteiger partial charge < -0.3 is 4.74 Å². The Hall–Kier alpha value is -3.61. The minimum Gasteiger partial charge on any atom is -0.448 e. The maximum absolute atomic E-state index is 13.2. The average molecular weight is 476 g/mol. The molecule has 4 nitrogen and oxygen atoms in total. The number of nitrogens with zero attached hydrogens (tertiary/aromatic N) is 2. The van der Waals surface area contributed by atoms with Crippen LogP contribution in [0.1, 0.15) is 47.6 Å². The van der Waals surface area contributed by atoms with Gasteiger partial charge in [0.15, 0.2) is 0 Å². The molecular formula is C28H23F3N2O2. The minimum absolute atomic E-state index is 0.0193. The zero-order chi connectivity index (χ0) is 24.2. The molecule has 0 spiro atoms. The molecule has 2 aromatic carbocycles. The Balaban J connectivity index is 1.20. The predicted octanol–water partition coefficient (Wildman–Crippen LogP) is 6.67. The van der Waals surface area contributed by atoms with Gasteiger partial charge in [-0.25, -0.2) is 4.79 Å². The first-order chi connectivity index (χ1) is 16.9. The van der Waals surface area contributed by atoms with Crippen molar-refractivity contribution < 1.29 is 22.7 Å². The van der Waals surface area contributed by atoms with E-state index >= 15 is 0 Å². The molecule has 2 bridgehead atoms. The first-order valence-electron chi connectivity index (χ1n) is 11.8. The Morgan fingerprint density at radius 1 is 1.00 bits per heavy atom. The van der Waals surface area contributed by atoms with E-state index in [1.54, 1.807) is 4.90 Å². The van der Waals surface area contributed by atoms with E-state index in [-0.39, 0.29) is 30.7 Å². The summed E-state index contributed by atoms with van der Waals surface area (Å²) in [5, 5.41) is 0. The Bertz CT molecular complexity index is 1290. The number of benzene rings is 2. The first-order valence-corrected chi connectivity index (χ1v) is 11.8. The highest BCUT2D eigenvalue weighted by Gasteiger charge is 2.42. The van der Waals surface area contributed by atoms with Gasteiger partial charge in [0.1, 0.15) is 6.61 Å². The SMILES string of the molecule is O=C(OCC1c2ccccc2-c2ccccc21)N1C2C=C(c3cc(C(F)(F)F)ccn3)CC1CC2. The van der Waals surface area contributed by atoms with Crippen molar-refractivity contribution in [2.24, 2.45) is 0 Å². The molecule has 3 aliphatic rings. The molecule has 178 valence electrons. The molecule has 1 aromatic heterocycles. The lowest BCUT2D eigenvalue weighted by molar-refractivity contribution is -0.137. The summed E-state index contributed by atoms with van der Waals surface area (Å²) >= 11 is 0. The Morgan fingerprint density at radius 2 is 1.69 bits per heavy atom. The number of carbonyl (C=O) groups is 1. The summed E-state index contributed by atoms with van der Waals surface area (Å²) in [7, 11) is 0. The number of carbonyl (C=O) groups excluding carboxylic acids is 1. The normalized spacial score (nSPS) is 20.9. The van der Waals surface area contributed by atoms with Crippen molar-refractivity contribution in [3.05, 3.63) is 95.3 Å². The van der Waals surface area contributed by atoms with Crippen molar-refractivity contribution >= 4 is 11.7 Å². The van der Waals surface area contributed by atoms with Gasteiger partial charge in [-0.15, -0.1) is 0 Å². The number of ether oxygens (including phenoxy) is 1. The first kappa shape index (κ1) is 21.9. The molecule has 2 unspecified atom stereocenters. The standard InChI is InChI=1S/C28H23F3N2O2/c29-28(30,31)18-11-12-32-26(15-18)17-13-19-9-10-20(14-17)33(19)27(34)35-16-25-23-7-3-1-5-21(23)22-6-2-4-8-24(22)25/h1-8,11-13,15,19-20,25H,9-10,14,16H2. The molecule has 3 aromatic rings. The molecular weight excluding hydrogens is 453 g/mol. The van der Waals surface area contributed by atoms with Crippen LogP contribution in [0.3, 0.4) is 0 Å². The van der Waals surface area contributed by atoms with Crippen LogP contribution in [0.5, 0.6) is 0 Å². The fourth-order valence-corrected chi connectivity index (χ4v) is 5.76. The van der Waals surface area contributed by atoms with Crippen LogP contribution < -0.4 is 0 Å². The van der Waals surface area contributed by atoms with Crippen molar-refractivity contribution in [3.8, 4) is 11.1 Å². The summed E-state index contributed by atoms with van der Waals surface area (Å²) < 4.78 is 45.3. The second-order valence-electron chi connectivity index (χ2n) is 9.33. The van der Waals surface area contributed by atoms with Crippen LogP contribution >= 0.6 is 0 Å². The second kappa shape index (κ2) is 8.26. The molecule has 0 N–H and O–H groups in total. The van der Waals surface area contributed by atoms with Crippen LogP contribution in [0.15, 0.2) is 72.9 Å². The van der Waals surface area contributed by atoms with Crippen molar-refractivity contribution in [3.63, 3.8) is 0 Å². The average Bonchev–Trinajstić information content (AvgIpc) is 3.32. The Kier molecular flexibility index (Phi) is 5.16. The van der Waals surface area contributed by atoms with Crippen LogP contribution in [-0.2, 0) is 10.9 Å². The van der Waals surface area contributed by atoms with Gasteiger partial charge in [0.05, 0.1) is 17.3 Å². The summed E-state index contributed by atoms with van der Waals surface area (Å²) in [5.74, 6) is -0.0193. The number of hydrogen-bond donors (Lipinski definition) is 0. The topological polar surface area (TPSA) is 42.4 Å². The summed E-state index contributed by atoms with van der Waals surface area (Å²) in [4.78, 5) is 19.1. The number of alkyl halides is 3. The molecule has 0 saturated carbocycles. The van der Waals surface area contributed by atoms with Crippen LogP contribution in [0.2, 0.25) is 0 Å². The van der Waals surface area contributed by atoms with E-state index in [0.29, 0.717) is 12.1 Å². The number of aromatic nitrogens is 1. The van der Waals surface area contributed by atoms with Crippen molar-refractivity contribution in [1.82, 2.24) is 9.88 Å². The van der Waals surface area contributed by atoms with Gasteiger partial charge in [-0.05, 0) is 59.2 Å². The van der Waals surface area contributed by atoms with E-state index in [1.807, 2.05) is 30.3 Å². The maximum Gasteiger partial charge on any atom is 0.416 e. The highest BCUT2D eigenvalue weighted by molar-refractivity contribution is 5.79. The molecule has 1 fully saturated rings. The molecule has 35 heavy (non-hydrogen) atoms. The molecule has 0 radical (unpaired) electrons. The van der Waals surface area contributed by atoms with Crippen molar-refractivity contribution in [2.75, 3.05) is 6.61 Å². The smallest absolute Gasteiger partial charge is 0.416 e. The molecule has 6 rings (SSSR count). The van der Waals surface area contributed by atoms with E-state index in [0.717, 1.165) is 41.7 Å². The highest BCUT2D eigenvalue weighted by Crippen LogP contribution is 2.45. The van der Waals surface area contributed by atoms with E-state index in [4.69, 9.17) is 4.74 Å². The number of halogens is 3. The zero-order valence-electron chi connectivity index (χ0n) is 18.8. The lowest BCUT2D eigenvalue weighted by Gasteiger charge is -2.33. The number of fused-ring (bicyclic) bond motifs is 5. The monoisotopic (exact) mass is 476 g/mol. The molecule has 1 amide bonds. The van der Waals surface area contributed by atoms with E-state index in [2.05, 4.69) is 29.2 Å². The molecule has 2 aliphatic heterocycles. The minimum atomic E-state index is -4.42. The van der Waals surface area contributed by atoms with Gasteiger partial charge in [-0.2, -0.15) is 13.2 Å². The fraction of sp³-hybridized carbons (Fsp3) is 0.286. The number of amides is 1. The van der Waals surface area contributed by atoms with Crippen molar-refractivity contribution in [2.45, 2.75) is 43.4 Å². The summed E-state index contributed by atoms with van der Waals surface area (Å²) in [6, 6.07) is 18.1. The van der Waals surface area contributed by atoms with Crippen LogP contribution in [0.4, 0.5) is 18.0 Å². The number of pyridine rings is 1. The van der Waals surface area contributed by atoms with Gasteiger partial charge in [-0.3, -0.25) is 9.88 Å². The zero-order valence-corrected chi connectivity index (χ0v) is 18.8. The molecule has 2 atom stereocenters. The molecule has 3 heterocycles. The third-order valence-corrected chi connectivity index (χ3v) is 7.36. The van der Waals surface area contributed by atoms with E-state index in [9.17, 15) is 18.0 Å². The second-order valence-corrected chi connectivity index (χ2v) is 9.33. The van der Waals surface area contributed by atoms with Gasteiger partial charge in [0.2, 0.25) is 0 Å². The highest BCUT2D eigenvalue weighted by atomic mass is 19.4. The third-order valence-electron chi connectivity index (χ3n) is 7.36. The van der Waals surface area contributed by atoms with Gasteiger partial charge in [0.25, 0.3) is 0 Å². The van der Waals surface area contributed by atoms with Crippen LogP contribution in [-0.4, -0.2) is 34.7 Å². The molecule has 1 saturated heterocycles. The van der Waals surface area contributed by atoms with E-state index < -0.39 is 11.7 Å². The van der Waals surface area contributed by atoms with E-state index in [1.165, 1.54) is 17.3 Å². The largest absolute Gasteiger partial charge is 0.448 e. The molecule has 7 heteroatoms. The van der Waals surface area contributed by atoms with Crippen LogP contribution in [0, 0.1) is 0 Å². The summed E-state index contributed by atoms with van der Waals surface area (Å²) in [5.41, 5.74) is 5.01. The Morgan fingerprint density at radius 3 is 2.34 bits per heavy atom. The van der Waals surface area contributed by atoms with Crippen molar-refractivity contribution in [1.29, 1.82) is 0 Å². The van der Waals surface area contributed by atoms with Crippen LogP contribution in [0.25, 0.3) is 16.7 Å². The van der Waals surface area contributed by atoms with Gasteiger partial charge >= 0.3 is 12.3 Å². The fourth-order valence-electron chi connectivity index (χ4n) is 5.76. The summed E-state index contributed by atoms with van der Waals surface area (Å²) in [6.45, 7) is 0.245. The van der Waals surface area contributed by atoms with Gasteiger partial charge in [0, 0.05) is 18.2 Å². The third kappa shape index (κ3) is 3.79. The lowest BCUT2D eigenvalue weighted by atomic mass is 9.97.